The second kappa shape index (κ2) is 10.9. The Hall–Kier alpha value is -1.72. The number of aromatic nitrogens is 6. The summed E-state index contributed by atoms with van der Waals surface area (Å²) < 4.78 is 4.32. The van der Waals surface area contributed by atoms with Crippen molar-refractivity contribution in [2.75, 3.05) is 13.1 Å². The molecule has 1 atom stereocenters. The standard InChI is InChI=1S/C19H31N9.HI/c1-2-20-19(24-15-9-10-16-22-14-23-28(16)13-15)21-11-6-8-18-26-25-17-7-4-3-5-12-27(17)18;/h14-15H,2-13H2,1H3,(H2,20,21,24);1H. The fraction of sp³-hybridized carbons (Fsp3) is 0.737. The Kier molecular flexibility index (Phi) is 8.25. The molecule has 0 saturated carbocycles. The Morgan fingerprint density at radius 2 is 2.14 bits per heavy atom. The maximum Gasteiger partial charge on any atom is 0.191 e. The fourth-order valence-corrected chi connectivity index (χ4v) is 4.03. The molecule has 160 valence electrons. The van der Waals surface area contributed by atoms with E-state index in [1.165, 1.54) is 19.3 Å². The molecule has 10 heteroatoms. The third-order valence-corrected chi connectivity index (χ3v) is 5.51. The molecule has 1 unspecified atom stereocenters. The smallest absolute Gasteiger partial charge is 0.191 e. The number of halogens is 1. The van der Waals surface area contributed by atoms with Crippen LogP contribution in [0, 0.1) is 0 Å². The van der Waals surface area contributed by atoms with Crippen molar-refractivity contribution in [2.24, 2.45) is 4.99 Å². The number of nitrogens with zero attached hydrogens (tertiary/aromatic N) is 7. The van der Waals surface area contributed by atoms with Crippen LogP contribution in [-0.4, -0.2) is 54.6 Å². The predicted octanol–water partition coefficient (Wildman–Crippen LogP) is 1.72. The molecule has 0 spiro atoms. The van der Waals surface area contributed by atoms with Gasteiger partial charge in [0, 0.05) is 44.9 Å². The van der Waals surface area contributed by atoms with Gasteiger partial charge in [-0.1, -0.05) is 6.42 Å². The normalized spacial score (nSPS) is 18.9. The van der Waals surface area contributed by atoms with Crippen LogP contribution in [-0.2, 0) is 32.4 Å². The molecule has 0 amide bonds. The number of aryl methyl sites for hydroxylation is 3. The first-order chi connectivity index (χ1) is 13.8. The molecule has 9 nitrogen and oxygen atoms in total. The second-order valence-corrected chi connectivity index (χ2v) is 7.60. The van der Waals surface area contributed by atoms with Crippen LogP contribution >= 0.6 is 24.0 Å². The maximum absolute atomic E-state index is 4.77. The lowest BCUT2D eigenvalue weighted by Gasteiger charge is -2.25. The zero-order valence-electron chi connectivity index (χ0n) is 17.2. The van der Waals surface area contributed by atoms with E-state index >= 15 is 0 Å². The molecule has 0 fully saturated rings. The maximum atomic E-state index is 4.77. The van der Waals surface area contributed by atoms with Crippen LogP contribution in [0.3, 0.4) is 0 Å². The number of rotatable bonds is 6. The van der Waals surface area contributed by atoms with Crippen molar-refractivity contribution in [1.82, 2.24) is 40.2 Å². The van der Waals surface area contributed by atoms with Crippen molar-refractivity contribution in [2.45, 2.75) is 77.4 Å². The van der Waals surface area contributed by atoms with Crippen molar-refractivity contribution in [3.05, 3.63) is 23.8 Å². The van der Waals surface area contributed by atoms with E-state index in [2.05, 4.69) is 42.4 Å². The number of guanidine groups is 1. The molecular weight excluding hydrogens is 481 g/mol. The molecule has 0 aromatic carbocycles. The predicted molar refractivity (Wildman–Crippen MR) is 123 cm³/mol. The van der Waals surface area contributed by atoms with E-state index in [0.717, 1.165) is 81.7 Å². The van der Waals surface area contributed by atoms with E-state index in [9.17, 15) is 0 Å². The van der Waals surface area contributed by atoms with Crippen molar-refractivity contribution >= 4 is 29.9 Å². The van der Waals surface area contributed by atoms with Gasteiger partial charge in [0.2, 0.25) is 0 Å². The van der Waals surface area contributed by atoms with E-state index in [0.29, 0.717) is 6.04 Å². The van der Waals surface area contributed by atoms with E-state index in [4.69, 9.17) is 4.99 Å². The van der Waals surface area contributed by atoms with Gasteiger partial charge in [0.1, 0.15) is 23.8 Å². The molecule has 4 heterocycles. The van der Waals surface area contributed by atoms with Crippen molar-refractivity contribution in [3.63, 3.8) is 0 Å². The highest BCUT2D eigenvalue weighted by Gasteiger charge is 2.20. The topological polar surface area (TPSA) is 97.8 Å². The number of aliphatic imine (C=N–C) groups is 1. The summed E-state index contributed by atoms with van der Waals surface area (Å²) in [5.74, 6) is 4.25. The molecule has 0 bridgehead atoms. The minimum atomic E-state index is 0. The van der Waals surface area contributed by atoms with E-state index in [1.807, 2.05) is 4.68 Å². The second-order valence-electron chi connectivity index (χ2n) is 7.60. The average Bonchev–Trinajstić information content (AvgIpc) is 3.25. The molecule has 2 aromatic rings. The largest absolute Gasteiger partial charge is 0.357 e. The zero-order valence-corrected chi connectivity index (χ0v) is 19.5. The van der Waals surface area contributed by atoms with Crippen LogP contribution in [0.25, 0.3) is 0 Å². The Bertz CT molecular complexity index is 797. The van der Waals surface area contributed by atoms with Crippen molar-refractivity contribution < 1.29 is 0 Å². The van der Waals surface area contributed by atoms with Gasteiger partial charge in [0.25, 0.3) is 0 Å². The SMILES string of the molecule is CCNC(=NCCCc1nnc2n1CCCCC2)NC1CCc2ncnn2C1.I. The first kappa shape index (κ1) is 22.0. The highest BCUT2D eigenvalue weighted by molar-refractivity contribution is 14.0. The quantitative estimate of drug-likeness (QED) is 0.264. The van der Waals surface area contributed by atoms with Crippen LogP contribution in [0.15, 0.2) is 11.3 Å². The lowest BCUT2D eigenvalue weighted by molar-refractivity contribution is 0.392. The minimum absolute atomic E-state index is 0. The van der Waals surface area contributed by atoms with Gasteiger partial charge < -0.3 is 15.2 Å². The first-order valence-corrected chi connectivity index (χ1v) is 10.7. The minimum Gasteiger partial charge on any atom is -0.357 e. The Balaban J connectivity index is 0.00000240. The van der Waals surface area contributed by atoms with Crippen LogP contribution in [0.4, 0.5) is 0 Å². The highest BCUT2D eigenvalue weighted by Crippen LogP contribution is 2.15. The van der Waals surface area contributed by atoms with Gasteiger partial charge in [-0.15, -0.1) is 34.2 Å². The van der Waals surface area contributed by atoms with Gasteiger partial charge >= 0.3 is 0 Å². The van der Waals surface area contributed by atoms with Crippen molar-refractivity contribution in [3.8, 4) is 0 Å². The number of fused-ring (bicyclic) bond motifs is 2. The van der Waals surface area contributed by atoms with Gasteiger partial charge in [-0.2, -0.15) is 5.10 Å². The van der Waals surface area contributed by atoms with Gasteiger partial charge in [-0.05, 0) is 32.6 Å². The number of hydrogen-bond acceptors (Lipinski definition) is 5. The molecule has 0 aliphatic carbocycles. The summed E-state index contributed by atoms with van der Waals surface area (Å²) in [6.45, 7) is 5.63. The summed E-state index contributed by atoms with van der Waals surface area (Å²) in [5.41, 5.74) is 0. The summed E-state index contributed by atoms with van der Waals surface area (Å²) in [4.78, 5) is 9.07. The third kappa shape index (κ3) is 5.67. The van der Waals surface area contributed by atoms with Crippen LogP contribution in [0.1, 0.15) is 56.5 Å². The van der Waals surface area contributed by atoms with E-state index in [1.54, 1.807) is 6.33 Å². The first-order valence-electron chi connectivity index (χ1n) is 10.7. The van der Waals surface area contributed by atoms with Gasteiger partial charge in [0.15, 0.2) is 5.96 Å². The lowest BCUT2D eigenvalue weighted by atomic mass is 10.1. The molecule has 2 N–H and O–H groups in total. The van der Waals surface area contributed by atoms with Crippen LogP contribution in [0.5, 0.6) is 0 Å². The van der Waals surface area contributed by atoms with Crippen LogP contribution in [0.2, 0.25) is 0 Å². The summed E-state index contributed by atoms with van der Waals surface area (Å²) in [6.07, 6.45) is 10.4. The Morgan fingerprint density at radius 1 is 1.21 bits per heavy atom. The monoisotopic (exact) mass is 513 g/mol. The molecule has 2 aliphatic rings. The number of nitrogens with one attached hydrogen (secondary N) is 2. The molecule has 2 aromatic heterocycles. The van der Waals surface area contributed by atoms with Gasteiger partial charge in [-0.3, -0.25) is 4.99 Å². The highest BCUT2D eigenvalue weighted by atomic mass is 127. The summed E-state index contributed by atoms with van der Waals surface area (Å²) in [7, 11) is 0. The van der Waals surface area contributed by atoms with Gasteiger partial charge in [0.05, 0.1) is 6.54 Å². The average molecular weight is 513 g/mol. The number of hydrogen-bond donors (Lipinski definition) is 2. The fourth-order valence-electron chi connectivity index (χ4n) is 4.03. The summed E-state index contributed by atoms with van der Waals surface area (Å²) in [5, 5.41) is 20.0. The molecule has 0 radical (unpaired) electrons. The Morgan fingerprint density at radius 3 is 3.03 bits per heavy atom. The molecular formula is C19H32IN9. The molecule has 4 rings (SSSR count). The molecule has 29 heavy (non-hydrogen) atoms. The molecule has 0 saturated heterocycles. The molecule has 2 aliphatic heterocycles. The van der Waals surface area contributed by atoms with E-state index < -0.39 is 0 Å². The lowest BCUT2D eigenvalue weighted by Crippen LogP contribution is -2.47. The summed E-state index contributed by atoms with van der Waals surface area (Å²) >= 11 is 0. The van der Waals surface area contributed by atoms with Gasteiger partial charge in [-0.25, -0.2) is 9.67 Å². The Labute approximate surface area is 189 Å². The third-order valence-electron chi connectivity index (χ3n) is 5.51. The van der Waals surface area contributed by atoms with E-state index in [-0.39, 0.29) is 24.0 Å². The summed E-state index contributed by atoms with van der Waals surface area (Å²) in [6, 6.07) is 0.333. The van der Waals surface area contributed by atoms with Crippen LogP contribution < -0.4 is 10.6 Å². The van der Waals surface area contributed by atoms with Crippen molar-refractivity contribution in [1.29, 1.82) is 0 Å². The zero-order chi connectivity index (χ0) is 19.2.